The molecule has 3 heterocycles. The first-order valence-corrected chi connectivity index (χ1v) is 10.9. The zero-order valence-corrected chi connectivity index (χ0v) is 18.6. The molecule has 2 aromatic carbocycles. The number of rotatable bonds is 4. The van der Waals surface area contributed by atoms with Gasteiger partial charge in [-0.3, -0.25) is 0 Å². The first-order valence-electron chi connectivity index (χ1n) is 10.9. The average molecular weight is 465 g/mol. The molecule has 174 valence electrons. The number of nitrogens with zero attached hydrogens (tertiary/aromatic N) is 5. The van der Waals surface area contributed by atoms with Crippen LogP contribution in [0.25, 0.3) is 17.8 Å². The smallest absolute Gasteiger partial charge is 0.194 e. The zero-order chi connectivity index (χ0) is 24.0. The van der Waals surface area contributed by atoms with Crippen molar-refractivity contribution in [2.45, 2.75) is 38.8 Å². The van der Waals surface area contributed by atoms with Crippen LogP contribution in [0, 0.1) is 31.3 Å². The second-order valence-electron chi connectivity index (χ2n) is 8.54. The van der Waals surface area contributed by atoms with Crippen molar-refractivity contribution >= 4 is 12.2 Å². The Labute approximate surface area is 194 Å². The van der Waals surface area contributed by atoms with Gasteiger partial charge >= 0.3 is 0 Å². The number of aliphatic hydroxyl groups is 1. The lowest BCUT2D eigenvalue weighted by Gasteiger charge is -2.31. The zero-order valence-electron chi connectivity index (χ0n) is 18.6. The number of halogens is 3. The van der Waals surface area contributed by atoms with Crippen molar-refractivity contribution in [3.8, 4) is 5.69 Å². The van der Waals surface area contributed by atoms with Gasteiger partial charge in [-0.05, 0) is 73.7 Å². The lowest BCUT2D eigenvalue weighted by molar-refractivity contribution is 0.0387. The molecule has 0 radical (unpaired) electrons. The molecular formula is C25H22F3N5O. The summed E-state index contributed by atoms with van der Waals surface area (Å²) in [6, 6.07) is 7.61. The van der Waals surface area contributed by atoms with Gasteiger partial charge in [0, 0.05) is 18.4 Å². The molecule has 0 spiro atoms. The van der Waals surface area contributed by atoms with Gasteiger partial charge in [-0.2, -0.15) is 5.10 Å². The highest BCUT2D eigenvalue weighted by Gasteiger charge is 2.40. The summed E-state index contributed by atoms with van der Waals surface area (Å²) >= 11 is 0. The van der Waals surface area contributed by atoms with Gasteiger partial charge in [0.15, 0.2) is 29.1 Å². The fourth-order valence-corrected chi connectivity index (χ4v) is 4.35. The van der Waals surface area contributed by atoms with Crippen LogP contribution in [0.5, 0.6) is 0 Å². The van der Waals surface area contributed by atoms with Crippen LogP contribution < -0.4 is 0 Å². The summed E-state index contributed by atoms with van der Waals surface area (Å²) in [5.74, 6) is -3.76. The normalized spacial score (nSPS) is 17.9. The Balaban J connectivity index is 1.44. The second-order valence-corrected chi connectivity index (χ2v) is 8.54. The molecule has 1 atom stereocenters. The summed E-state index contributed by atoms with van der Waals surface area (Å²) < 4.78 is 44.6. The molecule has 0 saturated heterocycles. The summed E-state index contributed by atoms with van der Waals surface area (Å²) in [5.41, 5.74) is 2.10. The molecule has 0 aliphatic carbocycles. The van der Waals surface area contributed by atoms with E-state index in [4.69, 9.17) is 0 Å². The number of hydrogen-bond donors (Lipinski definition) is 1. The van der Waals surface area contributed by atoms with E-state index in [1.54, 1.807) is 12.4 Å². The maximum atomic E-state index is 13.8. The highest BCUT2D eigenvalue weighted by atomic mass is 19.2. The van der Waals surface area contributed by atoms with E-state index >= 15 is 0 Å². The Hall–Kier alpha value is -3.72. The molecule has 0 bridgehead atoms. The summed E-state index contributed by atoms with van der Waals surface area (Å²) in [6.07, 6.45) is 8.00. The van der Waals surface area contributed by atoms with Gasteiger partial charge in [0.1, 0.15) is 5.60 Å². The fraction of sp³-hybridized carbons (Fsp3) is 0.240. The molecule has 0 saturated carbocycles. The van der Waals surface area contributed by atoms with E-state index in [9.17, 15) is 18.3 Å². The van der Waals surface area contributed by atoms with Crippen LogP contribution in [0.1, 0.15) is 46.9 Å². The second kappa shape index (κ2) is 8.25. The Kier molecular flexibility index (Phi) is 5.36. The third-order valence-electron chi connectivity index (χ3n) is 6.06. The number of benzene rings is 2. The Morgan fingerprint density at radius 1 is 1.06 bits per heavy atom. The van der Waals surface area contributed by atoms with Crippen molar-refractivity contribution in [1.82, 2.24) is 24.3 Å². The van der Waals surface area contributed by atoms with Gasteiger partial charge in [0.25, 0.3) is 0 Å². The number of aryl methyl sites for hydroxylation is 3. The minimum atomic E-state index is -1.77. The molecule has 2 aromatic heterocycles. The molecule has 6 nitrogen and oxygen atoms in total. The first kappa shape index (κ1) is 22.1. The molecule has 1 aliphatic heterocycles. The van der Waals surface area contributed by atoms with Crippen molar-refractivity contribution in [3.05, 3.63) is 94.3 Å². The van der Waals surface area contributed by atoms with Crippen LogP contribution in [0.15, 0.2) is 42.9 Å². The maximum absolute atomic E-state index is 13.8. The van der Waals surface area contributed by atoms with Gasteiger partial charge in [0.2, 0.25) is 0 Å². The molecule has 1 aliphatic rings. The minimum Gasteiger partial charge on any atom is -0.377 e. The number of hydrogen-bond acceptors (Lipinski definition) is 4. The van der Waals surface area contributed by atoms with Crippen LogP contribution >= 0.6 is 0 Å². The quantitative estimate of drug-likeness (QED) is 0.444. The van der Waals surface area contributed by atoms with E-state index in [1.807, 2.05) is 48.9 Å². The van der Waals surface area contributed by atoms with E-state index in [2.05, 4.69) is 15.1 Å². The van der Waals surface area contributed by atoms with Gasteiger partial charge in [-0.25, -0.2) is 27.8 Å². The molecule has 34 heavy (non-hydrogen) atoms. The van der Waals surface area contributed by atoms with Crippen LogP contribution in [0.2, 0.25) is 0 Å². The van der Waals surface area contributed by atoms with E-state index in [0.717, 1.165) is 34.6 Å². The Bertz CT molecular complexity index is 1400. The number of imidazole rings is 1. The van der Waals surface area contributed by atoms with Crippen LogP contribution in [0.3, 0.4) is 0 Å². The summed E-state index contributed by atoms with van der Waals surface area (Å²) in [4.78, 5) is 8.69. The summed E-state index contributed by atoms with van der Waals surface area (Å²) in [7, 11) is 0. The molecule has 4 aromatic rings. The minimum absolute atomic E-state index is 0.0891. The number of fused-ring (bicyclic) bond motifs is 1. The van der Waals surface area contributed by atoms with Crippen molar-refractivity contribution < 1.29 is 18.3 Å². The van der Waals surface area contributed by atoms with Crippen LogP contribution in [-0.2, 0) is 12.1 Å². The lowest BCUT2D eigenvalue weighted by atomic mass is 9.86. The summed E-state index contributed by atoms with van der Waals surface area (Å²) in [5, 5.41) is 15.7. The van der Waals surface area contributed by atoms with Gasteiger partial charge in [-0.15, -0.1) is 0 Å². The third-order valence-corrected chi connectivity index (χ3v) is 6.06. The monoisotopic (exact) mass is 465 g/mol. The van der Waals surface area contributed by atoms with Gasteiger partial charge < -0.3 is 9.67 Å². The summed E-state index contributed by atoms with van der Waals surface area (Å²) in [6.45, 7) is 4.45. The molecule has 0 amide bonds. The Morgan fingerprint density at radius 3 is 2.50 bits per heavy atom. The average Bonchev–Trinajstić information content (AvgIpc) is 3.42. The lowest BCUT2D eigenvalue weighted by Crippen LogP contribution is -2.36. The van der Waals surface area contributed by atoms with Gasteiger partial charge in [0.05, 0.1) is 12.0 Å². The predicted octanol–water partition coefficient (Wildman–Crippen LogP) is 4.70. The predicted molar refractivity (Wildman–Crippen MR) is 121 cm³/mol. The van der Waals surface area contributed by atoms with E-state index < -0.39 is 23.1 Å². The van der Waals surface area contributed by atoms with Crippen molar-refractivity contribution in [3.63, 3.8) is 0 Å². The van der Waals surface area contributed by atoms with Gasteiger partial charge in [-0.1, -0.05) is 12.1 Å². The third kappa shape index (κ3) is 3.81. The SMILES string of the molecule is Cc1cn(-c2ccc(/C=C/c3nc4n(n3)CCC[C@]4(O)c3cc(F)c(F)c(F)c3)cc2C)cn1. The molecule has 0 unspecified atom stereocenters. The highest BCUT2D eigenvalue weighted by molar-refractivity contribution is 5.68. The van der Waals surface area contributed by atoms with Crippen molar-refractivity contribution in [1.29, 1.82) is 0 Å². The molecule has 1 N–H and O–H groups in total. The molecule has 5 rings (SSSR count). The maximum Gasteiger partial charge on any atom is 0.194 e. The molecule has 0 fully saturated rings. The van der Waals surface area contributed by atoms with Crippen molar-refractivity contribution in [2.24, 2.45) is 0 Å². The van der Waals surface area contributed by atoms with E-state index in [0.29, 0.717) is 18.8 Å². The van der Waals surface area contributed by atoms with E-state index in [-0.39, 0.29) is 17.8 Å². The van der Waals surface area contributed by atoms with E-state index in [1.165, 1.54) is 4.68 Å². The molecular weight excluding hydrogens is 443 g/mol. The van der Waals surface area contributed by atoms with Crippen LogP contribution in [-0.4, -0.2) is 29.4 Å². The largest absolute Gasteiger partial charge is 0.377 e. The fourth-order valence-electron chi connectivity index (χ4n) is 4.35. The van der Waals surface area contributed by atoms with Crippen LogP contribution in [0.4, 0.5) is 13.2 Å². The number of aromatic nitrogens is 5. The Morgan fingerprint density at radius 2 is 1.82 bits per heavy atom. The molecule has 9 heteroatoms. The van der Waals surface area contributed by atoms with Crippen molar-refractivity contribution in [2.75, 3.05) is 0 Å². The standard InChI is InChI=1S/C25H22F3N5O/c1-15-10-17(4-6-21(15)32-13-16(2)29-14-32)5-7-22-30-24-25(34,8-3-9-33(24)31-22)18-11-19(26)23(28)20(27)12-18/h4-7,10-14,34H,3,8-9H2,1-2H3/b7-5+/t25-/m0/s1. The highest BCUT2D eigenvalue weighted by Crippen LogP contribution is 2.37. The topological polar surface area (TPSA) is 68.8 Å². The first-order chi connectivity index (χ1) is 16.2.